The summed E-state index contributed by atoms with van der Waals surface area (Å²) in [7, 11) is 0. The van der Waals surface area contributed by atoms with Crippen LogP contribution in [0.25, 0.3) is 0 Å². The van der Waals surface area contributed by atoms with Crippen LogP contribution in [0.4, 0.5) is 0 Å². The van der Waals surface area contributed by atoms with Crippen molar-refractivity contribution in [3.63, 3.8) is 0 Å². The van der Waals surface area contributed by atoms with Gasteiger partial charge in [-0.15, -0.1) is 0 Å². The Morgan fingerprint density at radius 2 is 2.09 bits per heavy atom. The third kappa shape index (κ3) is 1.94. The average molecular weight is 158 g/mol. The van der Waals surface area contributed by atoms with Gasteiger partial charge in [-0.25, -0.2) is 0 Å². The highest BCUT2D eigenvalue weighted by Crippen LogP contribution is 2.31. The van der Waals surface area contributed by atoms with E-state index >= 15 is 0 Å². The van der Waals surface area contributed by atoms with Crippen LogP contribution >= 0.6 is 0 Å². The average Bonchev–Trinajstić information content (AvgIpc) is 1.96. The van der Waals surface area contributed by atoms with Crippen LogP contribution in [0.3, 0.4) is 0 Å². The van der Waals surface area contributed by atoms with Gasteiger partial charge in [0.2, 0.25) is 0 Å². The zero-order valence-corrected chi connectivity index (χ0v) is 7.58. The Balaban J connectivity index is 2.51. The molecule has 0 bridgehead atoms. The quantitative estimate of drug-likeness (QED) is 0.630. The zero-order valence-electron chi connectivity index (χ0n) is 7.58. The molecule has 11 heavy (non-hydrogen) atoms. The van der Waals surface area contributed by atoms with Crippen molar-refractivity contribution in [3.8, 4) is 0 Å². The molecule has 0 aromatic carbocycles. The molecule has 0 saturated carbocycles. The standard InChI is InChI=1S/C9H18O2/c1-4-8-5-6(2)11-9(10)7(8)3/h6-10H,4-5H2,1-3H3/t6?,7-,8?,9?/m1/s1. The van der Waals surface area contributed by atoms with E-state index in [9.17, 15) is 5.11 Å². The Morgan fingerprint density at radius 1 is 1.45 bits per heavy atom. The first-order chi connectivity index (χ1) is 5.15. The molecule has 1 fully saturated rings. The normalized spacial score (nSPS) is 45.8. The van der Waals surface area contributed by atoms with E-state index in [-0.39, 0.29) is 6.10 Å². The second kappa shape index (κ2) is 3.55. The molecule has 1 saturated heterocycles. The molecule has 1 aliphatic heterocycles. The van der Waals surface area contributed by atoms with E-state index in [0.29, 0.717) is 11.8 Å². The van der Waals surface area contributed by atoms with Gasteiger partial charge in [-0.2, -0.15) is 0 Å². The predicted octanol–water partition coefficient (Wildman–Crippen LogP) is 1.78. The van der Waals surface area contributed by atoms with E-state index in [1.807, 2.05) is 6.92 Å². The van der Waals surface area contributed by atoms with Crippen LogP contribution in [0.15, 0.2) is 0 Å². The van der Waals surface area contributed by atoms with Crippen molar-refractivity contribution in [2.45, 2.75) is 46.0 Å². The van der Waals surface area contributed by atoms with Gasteiger partial charge >= 0.3 is 0 Å². The summed E-state index contributed by atoms with van der Waals surface area (Å²) >= 11 is 0. The summed E-state index contributed by atoms with van der Waals surface area (Å²) in [5.74, 6) is 0.935. The molecule has 4 atom stereocenters. The van der Waals surface area contributed by atoms with Crippen molar-refractivity contribution in [1.82, 2.24) is 0 Å². The van der Waals surface area contributed by atoms with Gasteiger partial charge in [0.15, 0.2) is 6.29 Å². The molecule has 0 amide bonds. The van der Waals surface area contributed by atoms with Gasteiger partial charge in [0.05, 0.1) is 6.10 Å². The second-order valence-corrected chi connectivity index (χ2v) is 3.60. The van der Waals surface area contributed by atoms with Crippen molar-refractivity contribution in [1.29, 1.82) is 0 Å². The lowest BCUT2D eigenvalue weighted by atomic mass is 9.84. The lowest BCUT2D eigenvalue weighted by Crippen LogP contribution is -2.38. The fourth-order valence-corrected chi connectivity index (χ4v) is 1.83. The molecular weight excluding hydrogens is 140 g/mol. The van der Waals surface area contributed by atoms with Gasteiger partial charge in [-0.1, -0.05) is 20.3 Å². The number of hydrogen-bond acceptors (Lipinski definition) is 2. The SMILES string of the molecule is CCC1CC(C)OC(O)[C@@H]1C. The maximum Gasteiger partial charge on any atom is 0.157 e. The minimum absolute atomic E-state index is 0.228. The van der Waals surface area contributed by atoms with E-state index in [1.54, 1.807) is 0 Å². The van der Waals surface area contributed by atoms with Gasteiger partial charge < -0.3 is 9.84 Å². The van der Waals surface area contributed by atoms with Gasteiger partial charge in [0.1, 0.15) is 0 Å². The monoisotopic (exact) mass is 158 g/mol. The van der Waals surface area contributed by atoms with Gasteiger partial charge in [0, 0.05) is 5.92 Å². The first kappa shape index (κ1) is 9.01. The minimum Gasteiger partial charge on any atom is -0.368 e. The van der Waals surface area contributed by atoms with Crippen molar-refractivity contribution in [3.05, 3.63) is 0 Å². The molecule has 0 aliphatic carbocycles. The van der Waals surface area contributed by atoms with Crippen LogP contribution in [-0.2, 0) is 4.74 Å². The Morgan fingerprint density at radius 3 is 2.64 bits per heavy atom. The fourth-order valence-electron chi connectivity index (χ4n) is 1.83. The Kier molecular flexibility index (Phi) is 2.90. The first-order valence-electron chi connectivity index (χ1n) is 4.48. The van der Waals surface area contributed by atoms with Crippen molar-refractivity contribution in [2.75, 3.05) is 0 Å². The molecule has 0 aromatic heterocycles. The summed E-state index contributed by atoms with van der Waals surface area (Å²) in [6, 6.07) is 0. The van der Waals surface area contributed by atoms with Crippen LogP contribution in [0, 0.1) is 11.8 Å². The van der Waals surface area contributed by atoms with Crippen molar-refractivity contribution < 1.29 is 9.84 Å². The Bertz CT molecular complexity index is 125. The summed E-state index contributed by atoms with van der Waals surface area (Å²) in [6.45, 7) is 6.26. The Labute approximate surface area is 68.6 Å². The van der Waals surface area contributed by atoms with Gasteiger partial charge in [0.25, 0.3) is 0 Å². The third-order valence-corrected chi connectivity index (χ3v) is 2.72. The zero-order chi connectivity index (χ0) is 8.43. The van der Waals surface area contributed by atoms with Crippen LogP contribution < -0.4 is 0 Å². The molecule has 66 valence electrons. The van der Waals surface area contributed by atoms with Crippen LogP contribution in [0.2, 0.25) is 0 Å². The van der Waals surface area contributed by atoms with E-state index in [0.717, 1.165) is 12.8 Å². The molecule has 1 rings (SSSR count). The number of ether oxygens (including phenoxy) is 1. The van der Waals surface area contributed by atoms with Gasteiger partial charge in [-0.3, -0.25) is 0 Å². The molecule has 0 spiro atoms. The molecular formula is C9H18O2. The predicted molar refractivity (Wildman–Crippen MR) is 44.1 cm³/mol. The number of aliphatic hydroxyl groups excluding tert-OH is 1. The fraction of sp³-hybridized carbons (Fsp3) is 1.00. The highest BCUT2D eigenvalue weighted by atomic mass is 16.6. The topological polar surface area (TPSA) is 29.5 Å². The molecule has 3 unspecified atom stereocenters. The molecule has 1 heterocycles. The summed E-state index contributed by atoms with van der Waals surface area (Å²) in [5, 5.41) is 9.43. The molecule has 0 radical (unpaired) electrons. The van der Waals surface area contributed by atoms with Crippen molar-refractivity contribution >= 4 is 0 Å². The summed E-state index contributed by atoms with van der Waals surface area (Å²) in [5.41, 5.74) is 0. The van der Waals surface area contributed by atoms with E-state index in [2.05, 4.69) is 13.8 Å². The molecule has 2 heteroatoms. The third-order valence-electron chi connectivity index (χ3n) is 2.72. The summed E-state index contributed by atoms with van der Waals surface area (Å²) in [4.78, 5) is 0. The maximum absolute atomic E-state index is 9.43. The summed E-state index contributed by atoms with van der Waals surface area (Å²) < 4.78 is 5.29. The maximum atomic E-state index is 9.43. The lowest BCUT2D eigenvalue weighted by molar-refractivity contribution is -0.202. The lowest BCUT2D eigenvalue weighted by Gasteiger charge is -2.36. The summed E-state index contributed by atoms with van der Waals surface area (Å²) in [6.07, 6.45) is 1.93. The molecule has 1 aliphatic rings. The van der Waals surface area contributed by atoms with E-state index < -0.39 is 6.29 Å². The highest BCUT2D eigenvalue weighted by molar-refractivity contribution is 4.75. The molecule has 0 aromatic rings. The van der Waals surface area contributed by atoms with E-state index in [1.165, 1.54) is 0 Å². The van der Waals surface area contributed by atoms with Crippen LogP contribution in [0.5, 0.6) is 0 Å². The van der Waals surface area contributed by atoms with E-state index in [4.69, 9.17) is 4.74 Å². The number of aliphatic hydroxyl groups is 1. The first-order valence-corrected chi connectivity index (χ1v) is 4.48. The Hall–Kier alpha value is -0.0800. The largest absolute Gasteiger partial charge is 0.368 e. The molecule has 1 N–H and O–H groups in total. The van der Waals surface area contributed by atoms with Crippen LogP contribution in [0.1, 0.15) is 33.6 Å². The number of rotatable bonds is 1. The van der Waals surface area contributed by atoms with Crippen LogP contribution in [-0.4, -0.2) is 17.5 Å². The number of hydrogen-bond donors (Lipinski definition) is 1. The second-order valence-electron chi connectivity index (χ2n) is 3.60. The van der Waals surface area contributed by atoms with Crippen molar-refractivity contribution in [2.24, 2.45) is 11.8 Å². The smallest absolute Gasteiger partial charge is 0.157 e. The minimum atomic E-state index is -0.538. The van der Waals surface area contributed by atoms with Gasteiger partial charge in [-0.05, 0) is 19.3 Å². The highest BCUT2D eigenvalue weighted by Gasteiger charge is 2.31. The molecule has 2 nitrogen and oxygen atoms in total.